The molecule has 4 heteroatoms. The number of primary amides is 1. The topological polar surface area (TPSA) is 78.3 Å². The third kappa shape index (κ3) is 3.63. The first kappa shape index (κ1) is 16.0. The van der Waals surface area contributed by atoms with Gasteiger partial charge in [-0.15, -0.1) is 0 Å². The van der Waals surface area contributed by atoms with Gasteiger partial charge in [-0.2, -0.15) is 0 Å². The van der Waals surface area contributed by atoms with Gasteiger partial charge in [-0.25, -0.2) is 0 Å². The molecular formula is C17H26N2O2. The summed E-state index contributed by atoms with van der Waals surface area (Å²) in [7, 11) is 0. The summed E-state index contributed by atoms with van der Waals surface area (Å²) < 4.78 is 5.96. The minimum atomic E-state index is -1.26. The summed E-state index contributed by atoms with van der Waals surface area (Å²) in [5.74, 6) is 0.824. The maximum atomic E-state index is 11.8. The zero-order valence-electron chi connectivity index (χ0n) is 12.9. The van der Waals surface area contributed by atoms with Crippen molar-refractivity contribution < 1.29 is 9.53 Å². The quantitative estimate of drug-likeness (QED) is 0.872. The Hall–Kier alpha value is -1.39. The molecular weight excluding hydrogens is 264 g/mol. The Morgan fingerprint density at radius 3 is 2.48 bits per heavy atom. The molecule has 0 aliphatic heterocycles. The van der Waals surface area contributed by atoms with E-state index in [0.717, 1.165) is 25.2 Å². The molecule has 0 aromatic heterocycles. The second-order valence-electron chi connectivity index (χ2n) is 6.40. The maximum absolute atomic E-state index is 11.8. The molecule has 4 atom stereocenters. The second kappa shape index (κ2) is 6.58. The van der Waals surface area contributed by atoms with Crippen LogP contribution in [0.25, 0.3) is 0 Å². The summed E-state index contributed by atoms with van der Waals surface area (Å²) in [5.41, 5.74) is 11.2. The highest BCUT2D eigenvalue weighted by Gasteiger charge is 2.36. The molecule has 1 aliphatic rings. The van der Waals surface area contributed by atoms with Crippen LogP contribution < -0.4 is 11.5 Å². The molecule has 0 spiro atoms. The van der Waals surface area contributed by atoms with E-state index in [0.29, 0.717) is 11.5 Å². The Kier molecular flexibility index (Phi) is 5.01. The van der Waals surface area contributed by atoms with Crippen molar-refractivity contribution >= 4 is 5.91 Å². The zero-order chi connectivity index (χ0) is 15.5. The minimum Gasteiger partial charge on any atom is -0.375 e. The number of carbonyl (C=O) groups excluding carboxylic acids is 1. The number of rotatable bonds is 5. The van der Waals surface area contributed by atoms with Gasteiger partial charge in [-0.3, -0.25) is 4.79 Å². The van der Waals surface area contributed by atoms with Gasteiger partial charge in [0.2, 0.25) is 5.91 Å². The van der Waals surface area contributed by atoms with Crippen molar-refractivity contribution in [3.8, 4) is 0 Å². The Morgan fingerprint density at radius 1 is 1.24 bits per heavy atom. The summed E-state index contributed by atoms with van der Waals surface area (Å²) in [4.78, 5) is 11.8. The molecule has 1 aromatic carbocycles. The first-order valence-electron chi connectivity index (χ1n) is 7.69. The number of hydrogen-bond donors (Lipinski definition) is 2. The van der Waals surface area contributed by atoms with Crippen LogP contribution in [0.1, 0.15) is 38.7 Å². The molecule has 4 nitrogen and oxygen atoms in total. The molecule has 4 unspecified atom stereocenters. The van der Waals surface area contributed by atoms with E-state index in [1.807, 2.05) is 30.3 Å². The van der Waals surface area contributed by atoms with Gasteiger partial charge in [0.25, 0.3) is 0 Å². The highest BCUT2D eigenvalue weighted by molar-refractivity contribution is 5.86. The predicted molar refractivity (Wildman–Crippen MR) is 83.4 cm³/mol. The van der Waals surface area contributed by atoms with Crippen molar-refractivity contribution in [2.45, 2.75) is 44.8 Å². The van der Waals surface area contributed by atoms with Crippen LogP contribution in [0.3, 0.4) is 0 Å². The largest absolute Gasteiger partial charge is 0.375 e. The van der Waals surface area contributed by atoms with Crippen LogP contribution in [-0.2, 0) is 15.1 Å². The van der Waals surface area contributed by atoms with Crippen LogP contribution in [0.5, 0.6) is 0 Å². The molecule has 0 heterocycles. The van der Waals surface area contributed by atoms with E-state index in [-0.39, 0.29) is 12.7 Å². The highest BCUT2D eigenvalue weighted by atomic mass is 16.5. The fraction of sp³-hybridized carbons (Fsp3) is 0.588. The van der Waals surface area contributed by atoms with Crippen LogP contribution in [0.2, 0.25) is 0 Å². The van der Waals surface area contributed by atoms with Crippen molar-refractivity contribution in [3.05, 3.63) is 35.9 Å². The average molecular weight is 290 g/mol. The van der Waals surface area contributed by atoms with Crippen molar-refractivity contribution in [2.75, 3.05) is 6.61 Å². The lowest BCUT2D eigenvalue weighted by molar-refractivity contribution is -0.127. The van der Waals surface area contributed by atoms with E-state index in [1.165, 1.54) is 0 Å². The molecule has 1 fully saturated rings. The summed E-state index contributed by atoms with van der Waals surface area (Å²) >= 11 is 0. The normalized spacial score (nSPS) is 28.8. The number of carbonyl (C=O) groups is 1. The number of amides is 1. The second-order valence-corrected chi connectivity index (χ2v) is 6.40. The van der Waals surface area contributed by atoms with Crippen LogP contribution in [0, 0.1) is 11.8 Å². The molecule has 1 amide bonds. The van der Waals surface area contributed by atoms with Gasteiger partial charge in [-0.05, 0) is 36.7 Å². The van der Waals surface area contributed by atoms with Gasteiger partial charge in [0.1, 0.15) is 5.54 Å². The standard InChI is InChI=1S/C17H26N2O2/c1-12-8-9-15(10-13(12)2)21-11-17(19,16(18)20)14-6-4-3-5-7-14/h3-7,12-13,15H,8-11,19H2,1-2H3,(H2,18,20). The molecule has 4 N–H and O–H groups in total. The number of hydrogen-bond acceptors (Lipinski definition) is 3. The molecule has 0 radical (unpaired) electrons. The van der Waals surface area contributed by atoms with Gasteiger partial charge in [0.05, 0.1) is 12.7 Å². The average Bonchev–Trinajstić information content (AvgIpc) is 2.49. The molecule has 1 aliphatic carbocycles. The van der Waals surface area contributed by atoms with Crippen molar-refractivity contribution in [2.24, 2.45) is 23.3 Å². The van der Waals surface area contributed by atoms with E-state index in [4.69, 9.17) is 16.2 Å². The SMILES string of the molecule is CC1CCC(OCC(N)(C(N)=O)c2ccccc2)CC1C. The summed E-state index contributed by atoms with van der Waals surface area (Å²) in [6.07, 6.45) is 3.37. The van der Waals surface area contributed by atoms with E-state index < -0.39 is 11.4 Å². The Balaban J connectivity index is 2.03. The highest BCUT2D eigenvalue weighted by Crippen LogP contribution is 2.31. The summed E-state index contributed by atoms with van der Waals surface area (Å²) in [5, 5.41) is 0. The zero-order valence-corrected chi connectivity index (χ0v) is 12.9. The molecule has 2 rings (SSSR count). The smallest absolute Gasteiger partial charge is 0.244 e. The number of ether oxygens (including phenoxy) is 1. The maximum Gasteiger partial charge on any atom is 0.244 e. The number of nitrogens with two attached hydrogens (primary N) is 2. The third-order valence-electron chi connectivity index (χ3n) is 4.83. The van der Waals surface area contributed by atoms with Crippen LogP contribution in [-0.4, -0.2) is 18.6 Å². The Morgan fingerprint density at radius 2 is 1.90 bits per heavy atom. The number of benzene rings is 1. The van der Waals surface area contributed by atoms with Gasteiger partial charge >= 0.3 is 0 Å². The molecule has 21 heavy (non-hydrogen) atoms. The van der Waals surface area contributed by atoms with Gasteiger partial charge in [0.15, 0.2) is 0 Å². The van der Waals surface area contributed by atoms with E-state index >= 15 is 0 Å². The van der Waals surface area contributed by atoms with Crippen LogP contribution >= 0.6 is 0 Å². The van der Waals surface area contributed by atoms with Gasteiger partial charge < -0.3 is 16.2 Å². The Labute approximate surface area is 126 Å². The summed E-state index contributed by atoms with van der Waals surface area (Å²) in [6.45, 7) is 4.67. The van der Waals surface area contributed by atoms with Crippen molar-refractivity contribution in [1.82, 2.24) is 0 Å². The first-order chi connectivity index (χ1) is 9.93. The summed E-state index contributed by atoms with van der Waals surface area (Å²) in [6, 6.07) is 9.23. The van der Waals surface area contributed by atoms with Crippen LogP contribution in [0.4, 0.5) is 0 Å². The lowest BCUT2D eigenvalue weighted by Crippen LogP contribution is -2.53. The van der Waals surface area contributed by atoms with E-state index in [2.05, 4.69) is 13.8 Å². The third-order valence-corrected chi connectivity index (χ3v) is 4.83. The van der Waals surface area contributed by atoms with Gasteiger partial charge in [-0.1, -0.05) is 44.2 Å². The van der Waals surface area contributed by atoms with Gasteiger partial charge in [0, 0.05) is 0 Å². The van der Waals surface area contributed by atoms with Crippen LogP contribution in [0.15, 0.2) is 30.3 Å². The van der Waals surface area contributed by atoms with E-state index in [9.17, 15) is 4.79 Å². The van der Waals surface area contributed by atoms with E-state index in [1.54, 1.807) is 0 Å². The fourth-order valence-electron chi connectivity index (χ4n) is 2.93. The fourth-order valence-corrected chi connectivity index (χ4v) is 2.93. The predicted octanol–water partition coefficient (Wildman–Crippen LogP) is 2.17. The van der Waals surface area contributed by atoms with Crippen molar-refractivity contribution in [1.29, 1.82) is 0 Å². The minimum absolute atomic E-state index is 0.137. The Bertz CT molecular complexity index is 477. The van der Waals surface area contributed by atoms with Crippen molar-refractivity contribution in [3.63, 3.8) is 0 Å². The molecule has 1 aromatic rings. The first-order valence-corrected chi connectivity index (χ1v) is 7.69. The molecule has 116 valence electrons. The lowest BCUT2D eigenvalue weighted by atomic mass is 9.80. The molecule has 0 bridgehead atoms. The lowest BCUT2D eigenvalue weighted by Gasteiger charge is -2.34. The monoisotopic (exact) mass is 290 g/mol. The molecule has 0 saturated heterocycles. The molecule has 1 saturated carbocycles.